The first-order chi connectivity index (χ1) is 8.20. The van der Waals surface area contributed by atoms with Crippen LogP contribution in [0.1, 0.15) is 52.2 Å². The largest absolute Gasteiger partial charge is 0.486 e. The predicted molar refractivity (Wildman–Crippen MR) is 73.3 cm³/mol. The van der Waals surface area contributed by atoms with Crippen LogP contribution in [-0.4, -0.2) is 12.4 Å². The highest BCUT2D eigenvalue weighted by atomic mass is 16.5. The van der Waals surface area contributed by atoms with Crippen LogP contribution in [0.25, 0.3) is 0 Å². The molecule has 98 valence electrons. The Morgan fingerprint density at radius 2 is 1.89 bits per heavy atom. The Hall–Kier alpha value is -1.31. The van der Waals surface area contributed by atoms with Crippen molar-refractivity contribution in [1.82, 2.24) is 0 Å². The monoisotopic (exact) mass is 246 g/mol. The quantitative estimate of drug-likeness (QED) is 0.699. The van der Waals surface area contributed by atoms with Crippen LogP contribution in [0.15, 0.2) is 18.2 Å². The first-order valence-corrected chi connectivity index (χ1v) is 6.50. The van der Waals surface area contributed by atoms with Crippen LogP contribution in [-0.2, 0) is 15.6 Å². The zero-order valence-electron chi connectivity index (χ0n) is 12.0. The van der Waals surface area contributed by atoms with Crippen molar-refractivity contribution in [2.24, 2.45) is 0 Å². The van der Waals surface area contributed by atoms with Crippen molar-refractivity contribution in [3.05, 3.63) is 29.3 Å². The third-order valence-corrected chi connectivity index (χ3v) is 3.60. The molecule has 18 heavy (non-hydrogen) atoms. The molecule has 1 aliphatic heterocycles. The van der Waals surface area contributed by atoms with E-state index in [2.05, 4.69) is 46.8 Å². The van der Waals surface area contributed by atoms with Crippen LogP contribution in [0.5, 0.6) is 5.75 Å². The number of ether oxygens (including phenoxy) is 1. The van der Waals surface area contributed by atoms with E-state index < -0.39 is 0 Å². The van der Waals surface area contributed by atoms with E-state index in [0.717, 1.165) is 11.3 Å². The van der Waals surface area contributed by atoms with Gasteiger partial charge in [0.05, 0.1) is 0 Å². The molecule has 1 aromatic carbocycles. The number of benzene rings is 1. The topological polar surface area (TPSA) is 26.3 Å². The highest BCUT2D eigenvalue weighted by Gasteiger charge is 2.31. The molecule has 0 aromatic heterocycles. The Kier molecular flexibility index (Phi) is 3.00. The standard InChI is InChI=1S/C16H22O2/c1-15(2,3)11-6-7-14-13(8-11)16(4,5)9-12(17)10-18-14/h6-8H,9-10H2,1-5H3. The van der Waals surface area contributed by atoms with Gasteiger partial charge in [-0.05, 0) is 17.0 Å². The number of rotatable bonds is 0. The van der Waals surface area contributed by atoms with Crippen LogP contribution in [0.3, 0.4) is 0 Å². The highest BCUT2D eigenvalue weighted by molar-refractivity contribution is 5.82. The Morgan fingerprint density at radius 1 is 1.22 bits per heavy atom. The second-order valence-corrected chi connectivity index (χ2v) is 6.85. The lowest BCUT2D eigenvalue weighted by Crippen LogP contribution is -2.22. The maximum atomic E-state index is 11.7. The molecule has 2 heteroatoms. The maximum Gasteiger partial charge on any atom is 0.171 e. The molecule has 0 N–H and O–H groups in total. The predicted octanol–water partition coefficient (Wildman–Crippen LogP) is 3.61. The molecule has 2 nitrogen and oxygen atoms in total. The summed E-state index contributed by atoms with van der Waals surface area (Å²) in [5.41, 5.74) is 2.40. The van der Waals surface area contributed by atoms with Crippen LogP contribution in [0.2, 0.25) is 0 Å². The molecule has 1 aliphatic rings. The van der Waals surface area contributed by atoms with Crippen molar-refractivity contribution >= 4 is 5.78 Å². The first-order valence-electron chi connectivity index (χ1n) is 6.50. The van der Waals surface area contributed by atoms with Gasteiger partial charge < -0.3 is 4.74 Å². The highest BCUT2D eigenvalue weighted by Crippen LogP contribution is 2.39. The van der Waals surface area contributed by atoms with Crippen molar-refractivity contribution < 1.29 is 9.53 Å². The average Bonchev–Trinajstić information content (AvgIpc) is 2.34. The SMILES string of the molecule is CC(C)(C)c1ccc2c(c1)C(C)(C)CC(=O)CO2. The lowest BCUT2D eigenvalue weighted by atomic mass is 9.77. The van der Waals surface area contributed by atoms with Gasteiger partial charge in [-0.3, -0.25) is 4.79 Å². The molecule has 1 heterocycles. The fourth-order valence-corrected chi connectivity index (χ4v) is 2.45. The number of ketones is 1. The lowest BCUT2D eigenvalue weighted by molar-refractivity contribution is -0.121. The lowest BCUT2D eigenvalue weighted by Gasteiger charge is -2.27. The number of Topliss-reactive ketones (excluding diaryl/α,β-unsaturated/α-hetero) is 1. The van der Waals surface area contributed by atoms with Crippen molar-refractivity contribution in [3.63, 3.8) is 0 Å². The summed E-state index contributed by atoms with van der Waals surface area (Å²) in [6.07, 6.45) is 0.549. The Balaban J connectivity index is 2.54. The van der Waals surface area contributed by atoms with Crippen molar-refractivity contribution in [1.29, 1.82) is 0 Å². The molecule has 0 unspecified atom stereocenters. The second kappa shape index (κ2) is 4.11. The molecule has 0 radical (unpaired) electrons. The minimum atomic E-state index is -0.149. The van der Waals surface area contributed by atoms with E-state index in [-0.39, 0.29) is 23.2 Å². The van der Waals surface area contributed by atoms with Gasteiger partial charge in [-0.2, -0.15) is 0 Å². The van der Waals surface area contributed by atoms with Crippen LogP contribution >= 0.6 is 0 Å². The Bertz CT molecular complexity index is 478. The first kappa shape index (κ1) is 13.1. The van der Waals surface area contributed by atoms with Gasteiger partial charge in [-0.25, -0.2) is 0 Å². The van der Waals surface area contributed by atoms with E-state index in [1.165, 1.54) is 5.56 Å². The summed E-state index contributed by atoms with van der Waals surface area (Å²) in [5.74, 6) is 1.03. The molecule has 0 saturated carbocycles. The van der Waals surface area contributed by atoms with E-state index in [9.17, 15) is 4.79 Å². The average molecular weight is 246 g/mol. The second-order valence-electron chi connectivity index (χ2n) is 6.85. The van der Waals surface area contributed by atoms with Gasteiger partial charge >= 0.3 is 0 Å². The number of carbonyl (C=O) groups is 1. The summed E-state index contributed by atoms with van der Waals surface area (Å²) in [6, 6.07) is 6.31. The summed E-state index contributed by atoms with van der Waals surface area (Å²) in [5, 5.41) is 0. The molecule has 0 aliphatic carbocycles. The Morgan fingerprint density at radius 3 is 2.50 bits per heavy atom. The van der Waals surface area contributed by atoms with Crippen molar-refractivity contribution in [3.8, 4) is 5.75 Å². The number of carbonyl (C=O) groups excluding carboxylic acids is 1. The zero-order chi connectivity index (χ0) is 13.6. The molecule has 0 bridgehead atoms. The van der Waals surface area contributed by atoms with Crippen molar-refractivity contribution in [2.75, 3.05) is 6.61 Å². The minimum Gasteiger partial charge on any atom is -0.486 e. The number of hydrogen-bond acceptors (Lipinski definition) is 2. The van der Waals surface area contributed by atoms with E-state index in [1.807, 2.05) is 6.07 Å². The molecule has 0 atom stereocenters. The van der Waals surface area contributed by atoms with E-state index in [0.29, 0.717) is 6.42 Å². The summed E-state index contributed by atoms with van der Waals surface area (Å²) >= 11 is 0. The molecular weight excluding hydrogens is 224 g/mol. The zero-order valence-corrected chi connectivity index (χ0v) is 12.0. The van der Waals surface area contributed by atoms with Crippen LogP contribution in [0, 0.1) is 0 Å². The van der Waals surface area contributed by atoms with Crippen LogP contribution < -0.4 is 4.74 Å². The van der Waals surface area contributed by atoms with E-state index in [4.69, 9.17) is 4.74 Å². The maximum absolute atomic E-state index is 11.7. The van der Waals surface area contributed by atoms with Gasteiger partial charge in [0.25, 0.3) is 0 Å². The van der Waals surface area contributed by atoms with Gasteiger partial charge in [0.15, 0.2) is 5.78 Å². The fourth-order valence-electron chi connectivity index (χ4n) is 2.45. The molecule has 0 fully saturated rings. The van der Waals surface area contributed by atoms with Crippen LogP contribution in [0.4, 0.5) is 0 Å². The molecule has 0 spiro atoms. The van der Waals surface area contributed by atoms with Gasteiger partial charge in [0.2, 0.25) is 0 Å². The van der Waals surface area contributed by atoms with Gasteiger partial charge in [0, 0.05) is 17.4 Å². The third kappa shape index (κ3) is 2.43. The summed E-state index contributed by atoms with van der Waals surface area (Å²) < 4.78 is 5.61. The van der Waals surface area contributed by atoms with Gasteiger partial charge in [-0.1, -0.05) is 46.8 Å². The van der Waals surface area contributed by atoms with Gasteiger partial charge in [-0.15, -0.1) is 0 Å². The normalized spacial score (nSPS) is 18.8. The summed E-state index contributed by atoms with van der Waals surface area (Å²) in [7, 11) is 0. The smallest absolute Gasteiger partial charge is 0.171 e. The fraction of sp³-hybridized carbons (Fsp3) is 0.562. The molecule has 0 saturated heterocycles. The minimum absolute atomic E-state index is 0.113. The third-order valence-electron chi connectivity index (χ3n) is 3.60. The molecule has 0 amide bonds. The molecule has 1 aromatic rings. The Labute approximate surface area is 109 Å². The molecule has 2 rings (SSSR count). The van der Waals surface area contributed by atoms with E-state index in [1.54, 1.807) is 0 Å². The summed E-state index contributed by atoms with van der Waals surface area (Å²) in [4.78, 5) is 11.7. The molecular formula is C16H22O2. The van der Waals surface area contributed by atoms with Crippen molar-refractivity contribution in [2.45, 2.75) is 51.9 Å². The van der Waals surface area contributed by atoms with E-state index >= 15 is 0 Å². The summed E-state index contributed by atoms with van der Waals surface area (Å²) in [6.45, 7) is 11.0. The number of fused-ring (bicyclic) bond motifs is 1. The van der Waals surface area contributed by atoms with Gasteiger partial charge in [0.1, 0.15) is 12.4 Å². The number of hydrogen-bond donors (Lipinski definition) is 0.